The Balaban J connectivity index is 2.30. The van der Waals surface area contributed by atoms with Crippen LogP contribution >= 0.6 is 11.3 Å². The van der Waals surface area contributed by atoms with Gasteiger partial charge in [-0.3, -0.25) is 13.9 Å². The van der Waals surface area contributed by atoms with Crippen LogP contribution in [0.25, 0.3) is 20.7 Å². The molecule has 0 atom stereocenters. The first-order chi connectivity index (χ1) is 11.5. The van der Waals surface area contributed by atoms with Gasteiger partial charge in [-0.25, -0.2) is 4.79 Å². The number of hydrogen-bond donors (Lipinski definition) is 1. The molecular formula is C18H20N2O3S. The van der Waals surface area contributed by atoms with E-state index < -0.39 is 0 Å². The van der Waals surface area contributed by atoms with Crippen molar-refractivity contribution in [3.8, 4) is 10.4 Å². The van der Waals surface area contributed by atoms with Crippen LogP contribution in [0.1, 0.15) is 17.5 Å². The van der Waals surface area contributed by atoms with E-state index in [0.29, 0.717) is 16.6 Å². The Morgan fingerprint density at radius 2 is 1.79 bits per heavy atom. The molecule has 3 rings (SSSR count). The van der Waals surface area contributed by atoms with Gasteiger partial charge in [-0.2, -0.15) is 0 Å². The molecule has 0 fully saturated rings. The lowest BCUT2D eigenvalue weighted by Gasteiger charge is -2.07. The van der Waals surface area contributed by atoms with Crippen LogP contribution in [0.15, 0.2) is 33.9 Å². The molecule has 0 aliphatic rings. The van der Waals surface area contributed by atoms with Crippen LogP contribution in [0.5, 0.6) is 0 Å². The molecule has 6 heteroatoms. The van der Waals surface area contributed by atoms with Crippen LogP contribution in [0.3, 0.4) is 0 Å². The van der Waals surface area contributed by atoms with Crippen molar-refractivity contribution in [3.63, 3.8) is 0 Å². The molecule has 0 unspecified atom stereocenters. The molecule has 0 saturated heterocycles. The highest BCUT2D eigenvalue weighted by Gasteiger charge is 2.19. The Morgan fingerprint density at radius 1 is 1.12 bits per heavy atom. The zero-order valence-corrected chi connectivity index (χ0v) is 14.8. The highest BCUT2D eigenvalue weighted by Crippen LogP contribution is 2.35. The first-order valence-corrected chi connectivity index (χ1v) is 8.68. The van der Waals surface area contributed by atoms with Gasteiger partial charge in [0.05, 0.1) is 5.39 Å². The van der Waals surface area contributed by atoms with E-state index in [4.69, 9.17) is 5.11 Å². The molecule has 2 aromatic heterocycles. The van der Waals surface area contributed by atoms with Crippen LogP contribution in [-0.2, 0) is 13.6 Å². The fourth-order valence-corrected chi connectivity index (χ4v) is 4.14. The van der Waals surface area contributed by atoms with Crippen molar-refractivity contribution in [2.75, 3.05) is 6.61 Å². The van der Waals surface area contributed by atoms with Crippen molar-refractivity contribution in [1.82, 2.24) is 9.13 Å². The maximum Gasteiger partial charge on any atom is 0.331 e. The van der Waals surface area contributed by atoms with Gasteiger partial charge in [0.25, 0.3) is 5.56 Å². The minimum Gasteiger partial charge on any atom is -0.396 e. The number of aromatic nitrogens is 2. The van der Waals surface area contributed by atoms with Crippen molar-refractivity contribution in [2.24, 2.45) is 7.05 Å². The standard InChI is InChI=1S/C18H20N2O3S/c1-11-5-7-13(8-6-11)15-12(2)14-16(22)20(9-4-10-21)18(23)19(3)17(14)24-15/h5-8,21H,4,9-10H2,1-3H3. The SMILES string of the molecule is Cc1ccc(-c2sc3c(c2C)c(=O)n(CCCO)c(=O)n3C)cc1. The number of aliphatic hydroxyl groups excluding tert-OH is 1. The zero-order valence-electron chi connectivity index (χ0n) is 14.0. The second kappa shape index (κ2) is 6.37. The van der Waals surface area contributed by atoms with Crippen molar-refractivity contribution in [2.45, 2.75) is 26.8 Å². The van der Waals surface area contributed by atoms with E-state index >= 15 is 0 Å². The normalized spacial score (nSPS) is 11.3. The smallest absolute Gasteiger partial charge is 0.331 e. The van der Waals surface area contributed by atoms with Crippen LogP contribution in [-0.4, -0.2) is 20.8 Å². The third-order valence-corrected chi connectivity index (χ3v) is 5.68. The maximum absolute atomic E-state index is 12.8. The monoisotopic (exact) mass is 344 g/mol. The van der Waals surface area contributed by atoms with Gasteiger partial charge in [0.2, 0.25) is 0 Å². The lowest BCUT2D eigenvalue weighted by atomic mass is 10.1. The first kappa shape index (κ1) is 16.7. The summed E-state index contributed by atoms with van der Waals surface area (Å²) in [6, 6.07) is 8.15. The average Bonchev–Trinajstić information content (AvgIpc) is 2.91. The Kier molecular flexibility index (Phi) is 4.43. The summed E-state index contributed by atoms with van der Waals surface area (Å²) in [6.07, 6.45) is 0.384. The molecule has 126 valence electrons. The Bertz CT molecular complexity index is 1010. The number of rotatable bonds is 4. The van der Waals surface area contributed by atoms with Crippen molar-refractivity contribution in [3.05, 3.63) is 56.2 Å². The van der Waals surface area contributed by atoms with Crippen LogP contribution in [0.4, 0.5) is 0 Å². The van der Waals surface area contributed by atoms with E-state index in [-0.39, 0.29) is 24.4 Å². The van der Waals surface area contributed by atoms with E-state index in [9.17, 15) is 9.59 Å². The molecule has 0 aliphatic heterocycles. The zero-order chi connectivity index (χ0) is 17.4. The highest BCUT2D eigenvalue weighted by molar-refractivity contribution is 7.22. The second-order valence-corrected chi connectivity index (χ2v) is 6.98. The summed E-state index contributed by atoms with van der Waals surface area (Å²) in [5.74, 6) is 0. The van der Waals surface area contributed by atoms with Crippen LogP contribution < -0.4 is 11.2 Å². The molecule has 0 spiro atoms. The first-order valence-electron chi connectivity index (χ1n) is 7.86. The number of aryl methyl sites for hydroxylation is 3. The van der Waals surface area contributed by atoms with Gasteiger partial charge >= 0.3 is 5.69 Å². The van der Waals surface area contributed by atoms with E-state index in [1.165, 1.54) is 26.0 Å². The predicted octanol–water partition coefficient (Wildman–Crippen LogP) is 2.43. The van der Waals surface area contributed by atoms with Gasteiger partial charge in [-0.05, 0) is 31.4 Å². The molecule has 1 N–H and O–H groups in total. The number of nitrogens with zero attached hydrogens (tertiary/aromatic N) is 2. The largest absolute Gasteiger partial charge is 0.396 e. The average molecular weight is 344 g/mol. The molecule has 24 heavy (non-hydrogen) atoms. The molecule has 0 saturated carbocycles. The fraction of sp³-hybridized carbons (Fsp3) is 0.333. The summed E-state index contributed by atoms with van der Waals surface area (Å²) in [6.45, 7) is 4.14. The van der Waals surface area contributed by atoms with Gasteiger partial charge in [-0.15, -0.1) is 11.3 Å². The molecule has 0 amide bonds. The van der Waals surface area contributed by atoms with Gasteiger partial charge < -0.3 is 5.11 Å². The molecule has 1 aromatic carbocycles. The quantitative estimate of drug-likeness (QED) is 0.790. The molecule has 5 nitrogen and oxygen atoms in total. The lowest BCUT2D eigenvalue weighted by Crippen LogP contribution is -2.39. The molecule has 0 radical (unpaired) electrons. The van der Waals surface area contributed by atoms with Crippen LogP contribution in [0, 0.1) is 13.8 Å². The molecular weight excluding hydrogens is 324 g/mol. The summed E-state index contributed by atoms with van der Waals surface area (Å²) < 4.78 is 2.75. The lowest BCUT2D eigenvalue weighted by molar-refractivity contribution is 0.277. The third-order valence-electron chi connectivity index (χ3n) is 4.26. The Labute approximate surface area is 143 Å². The number of fused-ring (bicyclic) bond motifs is 1. The minimum atomic E-state index is -0.336. The van der Waals surface area contributed by atoms with Gasteiger partial charge in [0.1, 0.15) is 4.83 Å². The molecule has 3 aromatic rings. The minimum absolute atomic E-state index is 0.0507. The number of aliphatic hydroxyl groups is 1. The summed E-state index contributed by atoms with van der Waals surface area (Å²) in [4.78, 5) is 27.0. The summed E-state index contributed by atoms with van der Waals surface area (Å²) >= 11 is 1.47. The maximum atomic E-state index is 12.8. The van der Waals surface area contributed by atoms with E-state index in [2.05, 4.69) is 0 Å². The van der Waals surface area contributed by atoms with E-state index in [1.54, 1.807) is 7.05 Å². The van der Waals surface area contributed by atoms with Gasteiger partial charge in [0.15, 0.2) is 0 Å². The number of hydrogen-bond acceptors (Lipinski definition) is 4. The van der Waals surface area contributed by atoms with Gasteiger partial charge in [0, 0.05) is 25.1 Å². The highest BCUT2D eigenvalue weighted by atomic mass is 32.1. The Morgan fingerprint density at radius 3 is 2.42 bits per heavy atom. The molecule has 0 aliphatic carbocycles. The number of benzene rings is 1. The topological polar surface area (TPSA) is 64.2 Å². The number of thiophene rings is 1. The van der Waals surface area contributed by atoms with Crippen LogP contribution in [0.2, 0.25) is 0 Å². The second-order valence-electron chi connectivity index (χ2n) is 5.98. The third kappa shape index (κ3) is 2.61. The van der Waals surface area contributed by atoms with Gasteiger partial charge in [-0.1, -0.05) is 29.8 Å². The van der Waals surface area contributed by atoms with Crippen molar-refractivity contribution < 1.29 is 5.11 Å². The van der Waals surface area contributed by atoms with Crippen molar-refractivity contribution >= 4 is 21.6 Å². The predicted molar refractivity (Wildman–Crippen MR) is 97.9 cm³/mol. The summed E-state index contributed by atoms with van der Waals surface area (Å²) in [5, 5.41) is 9.59. The van der Waals surface area contributed by atoms with E-state index in [0.717, 1.165) is 16.0 Å². The van der Waals surface area contributed by atoms with Crippen molar-refractivity contribution in [1.29, 1.82) is 0 Å². The molecule has 0 bridgehead atoms. The fourth-order valence-electron chi connectivity index (χ4n) is 2.88. The Hall–Kier alpha value is -2.18. The van der Waals surface area contributed by atoms with E-state index in [1.807, 2.05) is 38.1 Å². The summed E-state index contributed by atoms with van der Waals surface area (Å²) in [7, 11) is 1.69. The molecule has 2 heterocycles. The summed E-state index contributed by atoms with van der Waals surface area (Å²) in [5.41, 5.74) is 2.52.